The van der Waals surface area contributed by atoms with Crippen LogP contribution in [0.4, 0.5) is 0 Å². The molecular formula is C29H58O5S. The smallest absolute Gasteiger partial charge is 0.305 e. The summed E-state index contributed by atoms with van der Waals surface area (Å²) in [6.07, 6.45) is 12.3. The van der Waals surface area contributed by atoms with Crippen LogP contribution in [0.3, 0.4) is 0 Å². The molecule has 0 N–H and O–H groups in total. The maximum atomic E-state index is 11.9. The maximum absolute atomic E-state index is 11.9. The summed E-state index contributed by atoms with van der Waals surface area (Å²) >= 11 is 4.70. The lowest BCUT2D eigenvalue weighted by molar-refractivity contribution is -0.143. The molecule has 0 aromatic carbocycles. The normalized spacial score (nSPS) is 13.8. The van der Waals surface area contributed by atoms with E-state index < -0.39 is 0 Å². The highest BCUT2D eigenvalue weighted by molar-refractivity contribution is 7.81. The molecule has 0 spiro atoms. The molecule has 210 valence electrons. The minimum Gasteiger partial charge on any atom is -0.466 e. The molecule has 1 unspecified atom stereocenters. The van der Waals surface area contributed by atoms with Crippen LogP contribution in [0, 0.1) is 11.3 Å². The molecule has 0 saturated carbocycles. The van der Waals surface area contributed by atoms with Gasteiger partial charge in [-0.25, -0.2) is 0 Å². The van der Waals surface area contributed by atoms with E-state index in [1.54, 1.807) is 0 Å². The molecule has 0 aromatic heterocycles. The molecule has 0 aromatic rings. The van der Waals surface area contributed by atoms with Crippen LogP contribution < -0.4 is 0 Å². The number of hydrogen-bond donors (Lipinski definition) is 1. The van der Waals surface area contributed by atoms with E-state index in [4.69, 9.17) is 31.6 Å². The third-order valence-electron chi connectivity index (χ3n) is 6.93. The lowest BCUT2D eigenvalue weighted by atomic mass is 9.71. The fraction of sp³-hybridized carbons (Fsp3) is 0.966. The monoisotopic (exact) mass is 518 g/mol. The molecule has 35 heavy (non-hydrogen) atoms. The van der Waals surface area contributed by atoms with E-state index in [1.165, 1.54) is 19.3 Å². The molecule has 0 fully saturated rings. The van der Waals surface area contributed by atoms with Crippen molar-refractivity contribution in [2.75, 3.05) is 46.2 Å². The standard InChI is InChI=1S/C29H58O5S/c1-7-31-24-25-33-21-13-9-12-20-32-22-15-10-16-27(30)34-23-14-8-11-17-29(6,26(2)3)19-18-28(4,5)35/h26,35H,7-25H2,1-6H3. The van der Waals surface area contributed by atoms with E-state index in [2.05, 4.69) is 34.6 Å². The highest BCUT2D eigenvalue weighted by Crippen LogP contribution is 2.40. The van der Waals surface area contributed by atoms with E-state index >= 15 is 0 Å². The van der Waals surface area contributed by atoms with Crippen LogP contribution in [0.25, 0.3) is 0 Å². The van der Waals surface area contributed by atoms with Crippen LogP contribution in [-0.2, 0) is 23.7 Å². The Bertz CT molecular complexity index is 492. The van der Waals surface area contributed by atoms with Crippen molar-refractivity contribution < 1.29 is 23.7 Å². The Balaban J connectivity index is 3.55. The van der Waals surface area contributed by atoms with Crippen LogP contribution >= 0.6 is 12.6 Å². The van der Waals surface area contributed by atoms with Crippen molar-refractivity contribution >= 4 is 18.6 Å². The van der Waals surface area contributed by atoms with E-state index in [1.807, 2.05) is 6.92 Å². The van der Waals surface area contributed by atoms with Gasteiger partial charge >= 0.3 is 5.97 Å². The van der Waals surface area contributed by atoms with Crippen molar-refractivity contribution in [1.82, 2.24) is 0 Å². The molecule has 6 heteroatoms. The Morgan fingerprint density at radius 3 is 1.83 bits per heavy atom. The number of rotatable bonds is 25. The molecule has 0 heterocycles. The van der Waals surface area contributed by atoms with E-state index in [-0.39, 0.29) is 10.7 Å². The molecule has 0 aliphatic rings. The Morgan fingerprint density at radius 2 is 1.23 bits per heavy atom. The summed E-state index contributed by atoms with van der Waals surface area (Å²) in [6.45, 7) is 18.4. The predicted octanol–water partition coefficient (Wildman–Crippen LogP) is 7.65. The zero-order valence-electron chi connectivity index (χ0n) is 24.0. The van der Waals surface area contributed by atoms with Gasteiger partial charge in [-0.3, -0.25) is 4.79 Å². The minimum atomic E-state index is -0.0719. The Labute approximate surface area is 223 Å². The summed E-state index contributed by atoms with van der Waals surface area (Å²) in [7, 11) is 0. The molecule has 0 radical (unpaired) electrons. The molecule has 0 amide bonds. The van der Waals surface area contributed by atoms with Crippen LogP contribution in [0.2, 0.25) is 0 Å². The molecule has 5 nitrogen and oxygen atoms in total. The number of carbonyl (C=O) groups excluding carboxylic acids is 1. The van der Waals surface area contributed by atoms with Gasteiger partial charge in [0.25, 0.3) is 0 Å². The molecular weight excluding hydrogens is 460 g/mol. The summed E-state index contributed by atoms with van der Waals surface area (Å²) in [5, 5.41) is 0. The highest BCUT2D eigenvalue weighted by Gasteiger charge is 2.29. The van der Waals surface area contributed by atoms with Gasteiger partial charge in [0, 0.05) is 37.6 Å². The van der Waals surface area contributed by atoms with E-state index in [0.29, 0.717) is 37.6 Å². The van der Waals surface area contributed by atoms with Gasteiger partial charge in [0.2, 0.25) is 0 Å². The Morgan fingerprint density at radius 1 is 0.686 bits per heavy atom. The van der Waals surface area contributed by atoms with Crippen molar-refractivity contribution in [1.29, 1.82) is 0 Å². The van der Waals surface area contributed by atoms with Crippen LogP contribution in [-0.4, -0.2) is 57.0 Å². The predicted molar refractivity (Wildman–Crippen MR) is 151 cm³/mol. The fourth-order valence-electron chi connectivity index (χ4n) is 3.88. The average molecular weight is 519 g/mol. The van der Waals surface area contributed by atoms with Crippen LogP contribution in [0.15, 0.2) is 0 Å². The third kappa shape index (κ3) is 22.6. The van der Waals surface area contributed by atoms with Gasteiger partial charge in [0.1, 0.15) is 0 Å². The second kappa shape index (κ2) is 21.8. The Kier molecular flexibility index (Phi) is 21.6. The first-order valence-electron chi connectivity index (χ1n) is 14.2. The zero-order chi connectivity index (χ0) is 26.4. The summed E-state index contributed by atoms with van der Waals surface area (Å²) in [5.74, 6) is 0.591. The summed E-state index contributed by atoms with van der Waals surface area (Å²) in [4.78, 5) is 11.9. The van der Waals surface area contributed by atoms with Crippen molar-refractivity contribution in [3.8, 4) is 0 Å². The number of ether oxygens (including phenoxy) is 4. The molecule has 0 saturated heterocycles. The minimum absolute atomic E-state index is 0.0719. The summed E-state index contributed by atoms with van der Waals surface area (Å²) < 4.78 is 21.9. The molecule has 0 aliphatic carbocycles. The fourth-order valence-corrected chi connectivity index (χ4v) is 4.00. The van der Waals surface area contributed by atoms with Crippen molar-refractivity contribution in [2.24, 2.45) is 11.3 Å². The van der Waals surface area contributed by atoms with Gasteiger partial charge in [0.05, 0.1) is 19.8 Å². The number of hydrogen-bond acceptors (Lipinski definition) is 6. The van der Waals surface area contributed by atoms with E-state index in [9.17, 15) is 4.79 Å². The van der Waals surface area contributed by atoms with Crippen molar-refractivity contribution in [3.05, 3.63) is 0 Å². The zero-order valence-corrected chi connectivity index (χ0v) is 24.9. The molecule has 1 atom stereocenters. The van der Waals surface area contributed by atoms with Crippen LogP contribution in [0.5, 0.6) is 0 Å². The van der Waals surface area contributed by atoms with Gasteiger partial charge in [-0.05, 0) is 76.0 Å². The largest absolute Gasteiger partial charge is 0.466 e. The van der Waals surface area contributed by atoms with E-state index in [0.717, 1.165) is 77.8 Å². The van der Waals surface area contributed by atoms with Gasteiger partial charge in [-0.2, -0.15) is 12.6 Å². The van der Waals surface area contributed by atoms with Gasteiger partial charge in [-0.15, -0.1) is 0 Å². The van der Waals surface area contributed by atoms with Crippen molar-refractivity contribution in [3.63, 3.8) is 0 Å². The van der Waals surface area contributed by atoms with Gasteiger partial charge < -0.3 is 18.9 Å². The lowest BCUT2D eigenvalue weighted by Crippen LogP contribution is -2.26. The number of thiol groups is 1. The molecule has 0 rings (SSSR count). The number of carbonyl (C=O) groups is 1. The first-order chi connectivity index (χ1) is 16.6. The van der Waals surface area contributed by atoms with Gasteiger partial charge in [0.15, 0.2) is 0 Å². The number of unbranched alkanes of at least 4 members (excludes halogenated alkanes) is 5. The Hall–Kier alpha value is -0.300. The summed E-state index contributed by atoms with van der Waals surface area (Å²) in [5.41, 5.74) is 0.358. The molecule has 0 aliphatic heterocycles. The SMILES string of the molecule is CCOCCOCCCCCOCCCCC(=O)OCCCCCC(C)(CCC(C)(C)S)C(C)C. The second-order valence-electron chi connectivity index (χ2n) is 11.1. The third-order valence-corrected chi connectivity index (χ3v) is 7.15. The second-order valence-corrected chi connectivity index (χ2v) is 12.3. The first-order valence-corrected chi connectivity index (χ1v) is 14.7. The summed E-state index contributed by atoms with van der Waals surface area (Å²) in [6, 6.07) is 0. The quantitative estimate of drug-likeness (QED) is 0.0764. The topological polar surface area (TPSA) is 54.0 Å². The van der Waals surface area contributed by atoms with Crippen molar-refractivity contribution in [2.45, 2.75) is 123 Å². The highest BCUT2D eigenvalue weighted by atomic mass is 32.1. The first kappa shape index (κ1) is 34.7. The average Bonchev–Trinajstić information content (AvgIpc) is 2.79. The van der Waals surface area contributed by atoms with Gasteiger partial charge in [-0.1, -0.05) is 47.5 Å². The van der Waals surface area contributed by atoms with Crippen LogP contribution in [0.1, 0.15) is 119 Å². The maximum Gasteiger partial charge on any atom is 0.305 e. The lowest BCUT2D eigenvalue weighted by Gasteiger charge is -2.36. The molecule has 0 bridgehead atoms. The number of esters is 1.